The number of rotatable bonds is 2. The van der Waals surface area contributed by atoms with Gasteiger partial charge in [-0.3, -0.25) is 4.98 Å². The molecular weight excluding hydrogens is 350 g/mol. The topological polar surface area (TPSA) is 63.2 Å². The summed E-state index contributed by atoms with van der Waals surface area (Å²) in [6, 6.07) is 10.7. The number of hydrogen-bond acceptors (Lipinski definition) is 6. The number of pyridine rings is 1. The Kier molecular flexibility index (Phi) is 4.66. The number of para-hydroxylation sites is 1. The second-order valence-electron chi connectivity index (χ2n) is 7.58. The predicted octanol–water partition coefficient (Wildman–Crippen LogP) is 2.61. The number of nitrogens with one attached hydrogen (secondary N) is 1. The first-order valence-corrected chi connectivity index (χ1v) is 10.1. The lowest BCUT2D eigenvalue weighted by atomic mass is 10.0. The zero-order valence-corrected chi connectivity index (χ0v) is 16.2. The molecule has 1 aromatic carbocycles. The van der Waals surface area contributed by atoms with E-state index in [1.807, 2.05) is 18.3 Å². The molecule has 144 valence electrons. The average molecular weight is 375 g/mol. The molecule has 0 saturated carbocycles. The lowest BCUT2D eigenvalue weighted by Crippen LogP contribution is -2.44. The van der Waals surface area contributed by atoms with Crippen molar-refractivity contribution in [1.82, 2.24) is 20.3 Å². The number of morpholine rings is 1. The molecule has 6 heteroatoms. The summed E-state index contributed by atoms with van der Waals surface area (Å²) in [5.74, 6) is 0.819. The van der Waals surface area contributed by atoms with Crippen molar-refractivity contribution < 1.29 is 4.74 Å². The normalized spacial score (nSPS) is 20.0. The maximum Gasteiger partial charge on any atom is 0.226 e. The van der Waals surface area contributed by atoms with Crippen LogP contribution in [0.25, 0.3) is 22.2 Å². The van der Waals surface area contributed by atoms with E-state index in [1.54, 1.807) is 0 Å². The Morgan fingerprint density at radius 1 is 1.14 bits per heavy atom. The first-order valence-electron chi connectivity index (χ1n) is 10.1. The molecule has 0 aliphatic carbocycles. The zero-order valence-electron chi connectivity index (χ0n) is 16.2. The molecule has 1 atom stereocenters. The Balaban J connectivity index is 1.66. The fourth-order valence-corrected chi connectivity index (χ4v) is 4.12. The van der Waals surface area contributed by atoms with Crippen molar-refractivity contribution in [2.24, 2.45) is 0 Å². The van der Waals surface area contributed by atoms with Crippen LogP contribution in [0.3, 0.4) is 0 Å². The molecule has 4 heterocycles. The zero-order chi connectivity index (χ0) is 18.9. The molecule has 2 aliphatic rings. The third-order valence-corrected chi connectivity index (χ3v) is 5.66. The number of fused-ring (bicyclic) bond motifs is 2. The minimum Gasteiger partial charge on any atom is -0.377 e. The van der Waals surface area contributed by atoms with Gasteiger partial charge in [-0.15, -0.1) is 0 Å². The summed E-state index contributed by atoms with van der Waals surface area (Å²) >= 11 is 0. The van der Waals surface area contributed by atoms with Gasteiger partial charge in [0, 0.05) is 42.2 Å². The van der Waals surface area contributed by atoms with Crippen LogP contribution in [0.2, 0.25) is 0 Å². The van der Waals surface area contributed by atoms with E-state index < -0.39 is 0 Å². The van der Waals surface area contributed by atoms with Crippen LogP contribution in [-0.2, 0) is 17.6 Å². The molecule has 3 aromatic rings. The van der Waals surface area contributed by atoms with E-state index in [-0.39, 0.29) is 6.04 Å². The van der Waals surface area contributed by atoms with E-state index in [4.69, 9.17) is 14.7 Å². The number of ether oxygens (including phenoxy) is 1. The SMILES string of the molecule is C[C@H]1COCCN1c1nc2c(c(-c3cnc4ccccc4c3)n1)CCNCC2. The van der Waals surface area contributed by atoms with Gasteiger partial charge in [-0.1, -0.05) is 18.2 Å². The van der Waals surface area contributed by atoms with Crippen molar-refractivity contribution in [2.45, 2.75) is 25.8 Å². The lowest BCUT2D eigenvalue weighted by Gasteiger charge is -2.34. The summed E-state index contributed by atoms with van der Waals surface area (Å²) in [4.78, 5) is 17.0. The van der Waals surface area contributed by atoms with Crippen LogP contribution in [0, 0.1) is 0 Å². The van der Waals surface area contributed by atoms with Gasteiger partial charge in [0.25, 0.3) is 0 Å². The van der Waals surface area contributed by atoms with E-state index in [0.717, 1.165) is 79.5 Å². The fourth-order valence-electron chi connectivity index (χ4n) is 4.12. The quantitative estimate of drug-likeness (QED) is 0.743. The molecule has 28 heavy (non-hydrogen) atoms. The molecule has 0 unspecified atom stereocenters. The molecule has 0 bridgehead atoms. The number of hydrogen-bond donors (Lipinski definition) is 1. The minimum atomic E-state index is 0.276. The van der Waals surface area contributed by atoms with Gasteiger partial charge in [0.2, 0.25) is 5.95 Å². The summed E-state index contributed by atoms with van der Waals surface area (Å²) in [7, 11) is 0. The van der Waals surface area contributed by atoms with E-state index in [1.165, 1.54) is 5.56 Å². The van der Waals surface area contributed by atoms with Gasteiger partial charge in [-0.05, 0) is 32.0 Å². The number of benzene rings is 1. The first-order chi connectivity index (χ1) is 13.8. The largest absolute Gasteiger partial charge is 0.377 e. The Labute approximate surface area is 165 Å². The van der Waals surface area contributed by atoms with Gasteiger partial charge in [0.1, 0.15) is 0 Å². The molecular formula is C22H25N5O. The maximum atomic E-state index is 5.61. The summed E-state index contributed by atoms with van der Waals surface area (Å²) in [5.41, 5.74) is 5.53. The molecule has 1 saturated heterocycles. The highest BCUT2D eigenvalue weighted by molar-refractivity contribution is 5.83. The third-order valence-electron chi connectivity index (χ3n) is 5.66. The molecule has 0 radical (unpaired) electrons. The van der Waals surface area contributed by atoms with E-state index in [9.17, 15) is 0 Å². The van der Waals surface area contributed by atoms with E-state index in [0.29, 0.717) is 0 Å². The molecule has 0 spiro atoms. The molecule has 5 rings (SSSR count). The van der Waals surface area contributed by atoms with Gasteiger partial charge in [0.15, 0.2) is 0 Å². The smallest absolute Gasteiger partial charge is 0.226 e. The van der Waals surface area contributed by atoms with Crippen molar-refractivity contribution in [1.29, 1.82) is 0 Å². The van der Waals surface area contributed by atoms with Crippen LogP contribution in [-0.4, -0.2) is 53.8 Å². The van der Waals surface area contributed by atoms with Crippen molar-refractivity contribution in [3.05, 3.63) is 47.8 Å². The predicted molar refractivity (Wildman–Crippen MR) is 111 cm³/mol. The molecule has 1 fully saturated rings. The van der Waals surface area contributed by atoms with Crippen LogP contribution < -0.4 is 10.2 Å². The fraction of sp³-hybridized carbons (Fsp3) is 0.409. The summed E-state index contributed by atoms with van der Waals surface area (Å²) in [6.45, 7) is 6.35. The highest BCUT2D eigenvalue weighted by Gasteiger charge is 2.25. The molecule has 6 nitrogen and oxygen atoms in total. The van der Waals surface area contributed by atoms with Crippen LogP contribution in [0.1, 0.15) is 18.2 Å². The van der Waals surface area contributed by atoms with Gasteiger partial charge >= 0.3 is 0 Å². The number of aromatic nitrogens is 3. The molecule has 1 N–H and O–H groups in total. The summed E-state index contributed by atoms with van der Waals surface area (Å²) in [6.07, 6.45) is 3.82. The van der Waals surface area contributed by atoms with Gasteiger partial charge in [-0.2, -0.15) is 0 Å². The number of nitrogens with zero attached hydrogens (tertiary/aromatic N) is 4. The van der Waals surface area contributed by atoms with E-state index >= 15 is 0 Å². The molecule has 0 amide bonds. The van der Waals surface area contributed by atoms with Crippen LogP contribution in [0.15, 0.2) is 36.5 Å². The monoisotopic (exact) mass is 375 g/mol. The Morgan fingerprint density at radius 3 is 2.96 bits per heavy atom. The lowest BCUT2D eigenvalue weighted by molar-refractivity contribution is 0.0980. The Hall–Kier alpha value is -2.57. The van der Waals surface area contributed by atoms with Crippen LogP contribution in [0.4, 0.5) is 5.95 Å². The Bertz CT molecular complexity index is 1010. The van der Waals surface area contributed by atoms with Gasteiger partial charge in [-0.25, -0.2) is 9.97 Å². The van der Waals surface area contributed by atoms with E-state index in [2.05, 4.69) is 40.3 Å². The second-order valence-corrected chi connectivity index (χ2v) is 7.58. The van der Waals surface area contributed by atoms with Crippen molar-refractivity contribution in [2.75, 3.05) is 37.7 Å². The number of anilines is 1. The second kappa shape index (κ2) is 7.45. The molecule has 2 aromatic heterocycles. The molecule has 2 aliphatic heterocycles. The van der Waals surface area contributed by atoms with Gasteiger partial charge < -0.3 is 15.0 Å². The van der Waals surface area contributed by atoms with Crippen LogP contribution in [0.5, 0.6) is 0 Å². The van der Waals surface area contributed by atoms with Crippen LogP contribution >= 0.6 is 0 Å². The standard InChI is InChI=1S/C22H25N5O/c1-15-14-28-11-10-27(15)22-25-20-7-9-23-8-6-18(20)21(26-22)17-12-16-4-2-3-5-19(16)24-13-17/h2-5,12-13,15,23H,6-11,14H2,1H3/t15-/m0/s1. The minimum absolute atomic E-state index is 0.276. The third kappa shape index (κ3) is 3.23. The average Bonchev–Trinajstić information content (AvgIpc) is 2.98. The summed E-state index contributed by atoms with van der Waals surface area (Å²) < 4.78 is 5.61. The Morgan fingerprint density at radius 2 is 2.04 bits per heavy atom. The summed E-state index contributed by atoms with van der Waals surface area (Å²) in [5, 5.41) is 4.63. The van der Waals surface area contributed by atoms with Gasteiger partial charge in [0.05, 0.1) is 36.2 Å². The highest BCUT2D eigenvalue weighted by Crippen LogP contribution is 2.30. The van der Waals surface area contributed by atoms with Crippen molar-refractivity contribution in [3.8, 4) is 11.3 Å². The highest BCUT2D eigenvalue weighted by atomic mass is 16.5. The van der Waals surface area contributed by atoms with Crippen molar-refractivity contribution in [3.63, 3.8) is 0 Å². The first kappa shape index (κ1) is 17.5. The maximum absolute atomic E-state index is 5.61. The van der Waals surface area contributed by atoms with Crippen molar-refractivity contribution >= 4 is 16.9 Å².